The Morgan fingerprint density at radius 2 is 1.83 bits per heavy atom. The molecule has 2 aromatic carbocycles. The van der Waals surface area contributed by atoms with E-state index >= 15 is 4.39 Å². The number of hydrogen-bond acceptors (Lipinski definition) is 7. The van der Waals surface area contributed by atoms with Crippen LogP contribution < -0.4 is 0 Å². The number of fused-ring (bicyclic) bond motifs is 4. The number of hydrogen-bond donors (Lipinski definition) is 0. The minimum absolute atomic E-state index is 0.0924. The number of aryl methyl sites for hydroxylation is 2. The molecular formula is C29H32FN7O3S. The third-order valence-corrected chi connectivity index (χ3v) is 8.36. The Kier molecular flexibility index (Phi) is 6.55. The van der Waals surface area contributed by atoms with E-state index in [0.717, 1.165) is 10.9 Å². The van der Waals surface area contributed by atoms with Crippen LogP contribution in [0.3, 0.4) is 0 Å². The average Bonchev–Trinajstić information content (AvgIpc) is 3.50. The number of rotatable bonds is 3. The standard InChI is InChI=1S/C29H32FN7O3S/c1-16-15-19-24(22(30)21(16)23-18-9-7-8-10-20(18)35(5)33-23)31-27(41(6)39)25-26(19)37(34-32-25)17-11-13-36(14-12-17)28(38)40-29(2,3)4/h7-10,15,17H,11-14H2,1-6H3. The molecule has 3 aromatic heterocycles. The van der Waals surface area contributed by atoms with Crippen LogP contribution in [0.25, 0.3) is 44.1 Å². The summed E-state index contributed by atoms with van der Waals surface area (Å²) in [4.78, 5) is 18.8. The van der Waals surface area contributed by atoms with Crippen LogP contribution in [0.2, 0.25) is 0 Å². The molecule has 4 heterocycles. The minimum Gasteiger partial charge on any atom is -0.444 e. The first-order valence-electron chi connectivity index (χ1n) is 13.6. The second-order valence-electron chi connectivity index (χ2n) is 11.6. The Hall–Kier alpha value is -3.93. The van der Waals surface area contributed by atoms with E-state index in [0.29, 0.717) is 59.2 Å². The third-order valence-electron chi connectivity index (χ3n) is 7.53. The van der Waals surface area contributed by atoms with Gasteiger partial charge >= 0.3 is 6.09 Å². The lowest BCUT2D eigenvalue weighted by molar-refractivity contribution is 0.0185. The van der Waals surface area contributed by atoms with Crippen molar-refractivity contribution in [3.05, 3.63) is 41.7 Å². The molecule has 0 spiro atoms. The number of benzene rings is 2. The summed E-state index contributed by atoms with van der Waals surface area (Å²) in [7, 11) is 0.293. The highest BCUT2D eigenvalue weighted by molar-refractivity contribution is 7.84. The predicted octanol–water partition coefficient (Wildman–Crippen LogP) is 5.29. The summed E-state index contributed by atoms with van der Waals surface area (Å²) in [6, 6.07) is 9.49. The summed E-state index contributed by atoms with van der Waals surface area (Å²) in [5.74, 6) is -0.523. The number of nitrogens with zero attached hydrogens (tertiary/aromatic N) is 7. The van der Waals surface area contributed by atoms with Crippen LogP contribution in [-0.4, -0.2) is 69.9 Å². The summed E-state index contributed by atoms with van der Waals surface area (Å²) in [5, 5.41) is 15.0. The summed E-state index contributed by atoms with van der Waals surface area (Å²) in [5.41, 5.74) is 2.99. The monoisotopic (exact) mass is 577 g/mol. The number of carbonyl (C=O) groups is 1. The quantitative estimate of drug-likeness (QED) is 0.287. The summed E-state index contributed by atoms with van der Waals surface area (Å²) < 4.78 is 38.4. The summed E-state index contributed by atoms with van der Waals surface area (Å²) in [6.07, 6.45) is 2.40. The van der Waals surface area contributed by atoms with Gasteiger partial charge in [-0.25, -0.2) is 18.9 Å². The van der Waals surface area contributed by atoms with Gasteiger partial charge < -0.3 is 9.64 Å². The molecule has 1 atom stereocenters. The van der Waals surface area contributed by atoms with Crippen molar-refractivity contribution in [3.8, 4) is 11.3 Å². The molecule has 1 unspecified atom stereocenters. The highest BCUT2D eigenvalue weighted by atomic mass is 32.2. The fourth-order valence-electron chi connectivity index (χ4n) is 5.66. The molecule has 10 nitrogen and oxygen atoms in total. The molecule has 12 heteroatoms. The predicted molar refractivity (Wildman–Crippen MR) is 156 cm³/mol. The van der Waals surface area contributed by atoms with Crippen LogP contribution in [0.15, 0.2) is 35.4 Å². The number of amides is 1. The van der Waals surface area contributed by atoms with Gasteiger partial charge in [-0.05, 0) is 58.2 Å². The van der Waals surface area contributed by atoms with Gasteiger partial charge in [0.05, 0.1) is 22.4 Å². The maximum atomic E-state index is 16.6. The number of pyridine rings is 1. The molecule has 1 amide bonds. The summed E-state index contributed by atoms with van der Waals surface area (Å²) >= 11 is 0. The first-order valence-corrected chi connectivity index (χ1v) is 15.1. The molecule has 1 aliphatic heterocycles. The highest BCUT2D eigenvalue weighted by Crippen LogP contribution is 2.39. The van der Waals surface area contributed by atoms with Crippen LogP contribution in [0, 0.1) is 12.7 Å². The zero-order valence-electron chi connectivity index (χ0n) is 23.9. The molecule has 0 radical (unpaired) electrons. The molecule has 41 heavy (non-hydrogen) atoms. The second kappa shape index (κ2) is 9.86. The first kappa shape index (κ1) is 27.3. The van der Waals surface area contributed by atoms with E-state index in [4.69, 9.17) is 4.74 Å². The fourth-order valence-corrected chi connectivity index (χ4v) is 6.29. The molecule has 0 bridgehead atoms. The van der Waals surface area contributed by atoms with E-state index in [1.165, 1.54) is 6.26 Å². The van der Waals surface area contributed by atoms with Crippen molar-refractivity contribution in [3.63, 3.8) is 0 Å². The van der Waals surface area contributed by atoms with Gasteiger partial charge in [0, 0.05) is 42.7 Å². The molecule has 1 fully saturated rings. The maximum absolute atomic E-state index is 16.6. The number of para-hydroxylation sites is 1. The van der Waals surface area contributed by atoms with Crippen molar-refractivity contribution in [2.24, 2.45) is 7.05 Å². The molecule has 214 valence electrons. The van der Waals surface area contributed by atoms with E-state index in [1.54, 1.807) is 14.3 Å². The molecule has 6 rings (SSSR count). The van der Waals surface area contributed by atoms with E-state index in [9.17, 15) is 9.00 Å². The lowest BCUT2D eigenvalue weighted by Gasteiger charge is -2.33. The highest BCUT2D eigenvalue weighted by Gasteiger charge is 2.31. The van der Waals surface area contributed by atoms with E-state index in [-0.39, 0.29) is 22.7 Å². The van der Waals surface area contributed by atoms with Crippen molar-refractivity contribution >= 4 is 49.7 Å². The number of piperidine rings is 1. The normalized spacial score (nSPS) is 15.7. The van der Waals surface area contributed by atoms with Crippen molar-refractivity contribution < 1.29 is 18.1 Å². The van der Waals surface area contributed by atoms with Crippen molar-refractivity contribution in [2.45, 2.75) is 57.2 Å². The summed E-state index contributed by atoms with van der Waals surface area (Å²) in [6.45, 7) is 8.36. The van der Waals surface area contributed by atoms with E-state index in [2.05, 4.69) is 20.4 Å². The average molecular weight is 578 g/mol. The molecule has 1 aliphatic rings. The first-order chi connectivity index (χ1) is 19.4. The van der Waals surface area contributed by atoms with Crippen LogP contribution in [0.4, 0.5) is 9.18 Å². The zero-order chi connectivity index (χ0) is 29.2. The van der Waals surface area contributed by atoms with Crippen LogP contribution >= 0.6 is 0 Å². The van der Waals surface area contributed by atoms with Gasteiger partial charge in [-0.3, -0.25) is 8.89 Å². The molecule has 0 saturated carbocycles. The number of ether oxygens (including phenoxy) is 1. The van der Waals surface area contributed by atoms with Gasteiger partial charge in [-0.1, -0.05) is 23.4 Å². The Labute approximate surface area is 238 Å². The molecule has 1 saturated heterocycles. The van der Waals surface area contributed by atoms with Crippen LogP contribution in [0.1, 0.15) is 45.2 Å². The fraction of sp³-hybridized carbons (Fsp3) is 0.414. The zero-order valence-corrected chi connectivity index (χ0v) is 24.8. The number of likely N-dealkylation sites (tertiary alicyclic amines) is 1. The Balaban J connectivity index is 1.48. The van der Waals surface area contributed by atoms with Crippen molar-refractivity contribution in [1.29, 1.82) is 0 Å². The number of aromatic nitrogens is 6. The maximum Gasteiger partial charge on any atom is 0.410 e. The second-order valence-corrected chi connectivity index (χ2v) is 12.9. The molecule has 0 N–H and O–H groups in total. The Morgan fingerprint density at radius 1 is 1.12 bits per heavy atom. The molecule has 0 aliphatic carbocycles. The van der Waals surface area contributed by atoms with Gasteiger partial charge in [-0.2, -0.15) is 5.10 Å². The number of halogens is 1. The number of carbonyl (C=O) groups excluding carboxylic acids is 1. The SMILES string of the molecule is Cc1cc2c(nc(S(C)=O)c3nnn(C4CCN(C(=O)OC(C)(C)C)CC4)c32)c(F)c1-c1nn(C)c2ccccc12. The molecular weight excluding hydrogens is 545 g/mol. The van der Waals surface area contributed by atoms with Gasteiger partial charge in [0.2, 0.25) is 0 Å². The largest absolute Gasteiger partial charge is 0.444 e. The van der Waals surface area contributed by atoms with Crippen LogP contribution in [0.5, 0.6) is 0 Å². The van der Waals surface area contributed by atoms with Crippen molar-refractivity contribution in [1.82, 2.24) is 34.7 Å². The van der Waals surface area contributed by atoms with E-state index in [1.807, 2.05) is 65.1 Å². The Bertz CT molecular complexity index is 1870. The van der Waals surface area contributed by atoms with Gasteiger partial charge in [0.25, 0.3) is 0 Å². The topological polar surface area (TPSA) is 108 Å². The minimum atomic E-state index is -1.54. The lowest BCUT2D eigenvalue weighted by Crippen LogP contribution is -2.42. The van der Waals surface area contributed by atoms with Crippen LogP contribution in [-0.2, 0) is 22.6 Å². The lowest BCUT2D eigenvalue weighted by atomic mass is 9.98. The van der Waals surface area contributed by atoms with Gasteiger partial charge in [-0.15, -0.1) is 5.10 Å². The van der Waals surface area contributed by atoms with E-state index < -0.39 is 22.2 Å². The Morgan fingerprint density at radius 3 is 2.51 bits per heavy atom. The molecule has 5 aromatic rings. The third kappa shape index (κ3) is 4.63. The van der Waals surface area contributed by atoms with Gasteiger partial charge in [0.15, 0.2) is 10.8 Å². The van der Waals surface area contributed by atoms with Gasteiger partial charge in [0.1, 0.15) is 27.8 Å². The smallest absolute Gasteiger partial charge is 0.410 e. The van der Waals surface area contributed by atoms with Crippen molar-refractivity contribution in [2.75, 3.05) is 19.3 Å².